The zero-order valence-corrected chi connectivity index (χ0v) is 26.1. The number of anilines is 3. The second-order valence-corrected chi connectivity index (χ2v) is 11.9. The molecule has 2 N–H and O–H groups in total. The van der Waals surface area contributed by atoms with Crippen LogP contribution in [-0.4, -0.2) is 43.2 Å². The predicted molar refractivity (Wildman–Crippen MR) is 174 cm³/mol. The minimum absolute atomic E-state index is 0.0327. The number of methoxy groups -OCH3 is 1. The summed E-state index contributed by atoms with van der Waals surface area (Å²) in [6.45, 7) is 4.54. The highest BCUT2D eigenvalue weighted by Gasteiger charge is 2.35. The topological polar surface area (TPSA) is 102 Å². The van der Waals surface area contributed by atoms with Gasteiger partial charge in [0.05, 0.1) is 30.7 Å². The summed E-state index contributed by atoms with van der Waals surface area (Å²) in [6.07, 6.45) is 1.00. The molecule has 3 heterocycles. The second-order valence-electron chi connectivity index (χ2n) is 11.0. The van der Waals surface area contributed by atoms with E-state index in [1.165, 1.54) is 0 Å². The normalized spacial score (nSPS) is 16.9. The Labute approximate surface area is 263 Å². The molecular formula is C34H33BrN4O5. The predicted octanol–water partition coefficient (Wildman–Crippen LogP) is 6.15. The van der Waals surface area contributed by atoms with E-state index in [-0.39, 0.29) is 29.2 Å². The molecule has 0 saturated carbocycles. The van der Waals surface area contributed by atoms with Gasteiger partial charge in [0.2, 0.25) is 0 Å². The number of fused-ring (bicyclic) bond motifs is 4. The van der Waals surface area contributed by atoms with Gasteiger partial charge in [0, 0.05) is 53.0 Å². The number of hydrogen-bond donors (Lipinski definition) is 2. The Bertz CT molecular complexity index is 1770. The number of rotatable bonds is 8. The van der Waals surface area contributed by atoms with E-state index in [2.05, 4.69) is 31.5 Å². The smallest absolute Gasteiger partial charge is 0.257 e. The van der Waals surface area contributed by atoms with Gasteiger partial charge in [-0.15, -0.1) is 0 Å². The van der Waals surface area contributed by atoms with Crippen molar-refractivity contribution in [3.8, 4) is 11.5 Å². The Morgan fingerprint density at radius 2 is 1.70 bits per heavy atom. The van der Waals surface area contributed by atoms with Gasteiger partial charge < -0.3 is 29.6 Å². The number of carbonyl (C=O) groups is 2. The highest BCUT2D eigenvalue weighted by Crippen LogP contribution is 2.39. The monoisotopic (exact) mass is 656 g/mol. The number of nitrogens with one attached hydrogen (secondary N) is 2. The van der Waals surface area contributed by atoms with Crippen LogP contribution in [-0.2, 0) is 6.54 Å². The van der Waals surface area contributed by atoms with E-state index in [9.17, 15) is 14.4 Å². The maximum Gasteiger partial charge on any atom is 0.257 e. The lowest BCUT2D eigenvalue weighted by atomic mass is 9.83. The van der Waals surface area contributed by atoms with Crippen LogP contribution in [0.5, 0.6) is 11.5 Å². The van der Waals surface area contributed by atoms with Gasteiger partial charge >= 0.3 is 0 Å². The van der Waals surface area contributed by atoms with Crippen LogP contribution in [0.1, 0.15) is 45.7 Å². The Morgan fingerprint density at radius 1 is 0.909 bits per heavy atom. The molecule has 0 aliphatic carbocycles. The Balaban J connectivity index is 1.32. The molecule has 0 radical (unpaired) electrons. The molecule has 9 nitrogen and oxygen atoms in total. The summed E-state index contributed by atoms with van der Waals surface area (Å²) in [5.74, 6) is 1.09. The number of halogens is 1. The summed E-state index contributed by atoms with van der Waals surface area (Å²) in [6, 6.07) is 23.2. The van der Waals surface area contributed by atoms with E-state index in [0.717, 1.165) is 30.1 Å². The van der Waals surface area contributed by atoms with Gasteiger partial charge in [-0.05, 0) is 102 Å². The standard InChI is InChI=1S/C34H33BrN4O5/c1-3-44-25-10-8-24(9-11-25)36-33(41)22-7-14-31(29(16-22)37-34(42)27-17-26(43-2)12-13-28(27)35)38-18-21-15-23(20-38)30-5-4-6-32(40)39(30)19-21/h4-14,16-17,21,23H,3,15,18-20H2,1-2H3,(H,36,41)(H,37,42)/t21-,23+/m1/s1. The van der Waals surface area contributed by atoms with Crippen molar-refractivity contribution < 1.29 is 19.1 Å². The van der Waals surface area contributed by atoms with Crippen LogP contribution >= 0.6 is 15.9 Å². The summed E-state index contributed by atoms with van der Waals surface area (Å²) in [4.78, 5) is 41.8. The summed E-state index contributed by atoms with van der Waals surface area (Å²) in [5.41, 5.74) is 3.85. The van der Waals surface area contributed by atoms with Crippen LogP contribution in [0.3, 0.4) is 0 Å². The van der Waals surface area contributed by atoms with E-state index in [1.807, 2.05) is 29.7 Å². The first-order chi connectivity index (χ1) is 21.3. The van der Waals surface area contributed by atoms with Gasteiger partial charge in [-0.1, -0.05) is 6.07 Å². The highest BCUT2D eigenvalue weighted by atomic mass is 79.9. The minimum Gasteiger partial charge on any atom is -0.497 e. The fraction of sp³-hybridized carbons (Fsp3) is 0.265. The third kappa shape index (κ3) is 6.07. The van der Waals surface area contributed by atoms with Crippen molar-refractivity contribution in [1.82, 2.24) is 4.57 Å². The molecule has 4 aromatic rings. The summed E-state index contributed by atoms with van der Waals surface area (Å²) >= 11 is 3.48. The fourth-order valence-corrected chi connectivity index (χ4v) is 6.57. The summed E-state index contributed by atoms with van der Waals surface area (Å²) in [7, 11) is 1.55. The number of hydrogen-bond acceptors (Lipinski definition) is 6. The van der Waals surface area contributed by atoms with Crippen molar-refractivity contribution in [3.05, 3.63) is 111 Å². The number of amides is 2. The molecule has 1 saturated heterocycles. The summed E-state index contributed by atoms with van der Waals surface area (Å²) in [5, 5.41) is 6.01. The maximum atomic E-state index is 13.6. The maximum absolute atomic E-state index is 13.6. The Hall–Kier alpha value is -4.57. The lowest BCUT2D eigenvalue weighted by Crippen LogP contribution is -2.47. The van der Waals surface area contributed by atoms with Crippen molar-refractivity contribution in [2.45, 2.75) is 25.8 Å². The fourth-order valence-electron chi connectivity index (χ4n) is 6.15. The third-order valence-corrected chi connectivity index (χ3v) is 8.86. The lowest BCUT2D eigenvalue weighted by molar-refractivity contribution is 0.101. The number of piperidine rings is 1. The van der Waals surface area contributed by atoms with Crippen LogP contribution in [0.25, 0.3) is 0 Å². The number of carbonyl (C=O) groups excluding carboxylic acids is 2. The summed E-state index contributed by atoms with van der Waals surface area (Å²) < 4.78 is 13.4. The van der Waals surface area contributed by atoms with Gasteiger partial charge in [0.25, 0.3) is 17.4 Å². The van der Waals surface area contributed by atoms with Crippen molar-refractivity contribution in [2.24, 2.45) is 5.92 Å². The first-order valence-electron chi connectivity index (χ1n) is 14.6. The van der Waals surface area contributed by atoms with Gasteiger partial charge in [-0.2, -0.15) is 0 Å². The molecule has 3 aromatic carbocycles. The quantitative estimate of drug-likeness (QED) is 0.236. The van der Waals surface area contributed by atoms with Crippen molar-refractivity contribution in [3.63, 3.8) is 0 Å². The molecule has 44 heavy (non-hydrogen) atoms. The Morgan fingerprint density at radius 3 is 2.48 bits per heavy atom. The van der Waals surface area contributed by atoms with Gasteiger partial charge in [-0.25, -0.2) is 0 Å². The van der Waals surface area contributed by atoms with Crippen LogP contribution in [0.4, 0.5) is 17.1 Å². The number of benzene rings is 3. The molecule has 1 aromatic heterocycles. The Kier molecular flexibility index (Phi) is 8.43. The first kappa shape index (κ1) is 29.5. The average molecular weight is 658 g/mol. The molecule has 2 aliphatic heterocycles. The minimum atomic E-state index is -0.338. The highest BCUT2D eigenvalue weighted by molar-refractivity contribution is 9.10. The first-order valence-corrected chi connectivity index (χ1v) is 15.4. The van der Waals surface area contributed by atoms with E-state index >= 15 is 0 Å². The van der Waals surface area contributed by atoms with Crippen molar-refractivity contribution in [2.75, 3.05) is 42.3 Å². The number of nitrogens with zero attached hydrogens (tertiary/aromatic N) is 2. The molecule has 6 rings (SSSR count). The molecule has 10 heteroatoms. The molecular weight excluding hydrogens is 624 g/mol. The van der Waals surface area contributed by atoms with Crippen molar-refractivity contribution >= 4 is 44.8 Å². The van der Waals surface area contributed by atoms with Gasteiger partial charge in [0.1, 0.15) is 11.5 Å². The van der Waals surface area contributed by atoms with Crippen LogP contribution in [0.2, 0.25) is 0 Å². The lowest BCUT2D eigenvalue weighted by Gasteiger charge is -2.44. The molecule has 1 fully saturated rings. The molecule has 0 spiro atoms. The zero-order chi connectivity index (χ0) is 30.8. The van der Waals surface area contributed by atoms with Crippen LogP contribution in [0.15, 0.2) is 88.1 Å². The van der Waals surface area contributed by atoms with E-state index in [0.29, 0.717) is 52.4 Å². The number of pyridine rings is 1. The number of ether oxygens (including phenoxy) is 2. The second kappa shape index (κ2) is 12.6. The van der Waals surface area contributed by atoms with Crippen LogP contribution in [0, 0.1) is 5.92 Å². The average Bonchev–Trinajstić information content (AvgIpc) is 3.02. The molecule has 0 unspecified atom stereocenters. The largest absolute Gasteiger partial charge is 0.497 e. The van der Waals surface area contributed by atoms with E-state index in [4.69, 9.17) is 9.47 Å². The van der Waals surface area contributed by atoms with Crippen LogP contribution < -0.4 is 30.6 Å². The molecule has 226 valence electrons. The molecule has 2 atom stereocenters. The molecule has 2 bridgehead atoms. The molecule has 2 aliphatic rings. The van der Waals surface area contributed by atoms with Crippen molar-refractivity contribution in [1.29, 1.82) is 0 Å². The van der Waals surface area contributed by atoms with E-state index in [1.54, 1.807) is 67.8 Å². The zero-order valence-electron chi connectivity index (χ0n) is 24.5. The van der Waals surface area contributed by atoms with E-state index < -0.39 is 0 Å². The third-order valence-electron chi connectivity index (χ3n) is 8.17. The SMILES string of the molecule is CCOc1ccc(NC(=O)c2ccc(N3C[C@H]4C[C@@H](C3)c3cccc(=O)n3C4)c(NC(=O)c3cc(OC)ccc3Br)c2)cc1. The molecule has 2 amide bonds. The number of aromatic nitrogens is 1. The van der Waals surface area contributed by atoms with Gasteiger partial charge in [-0.3, -0.25) is 14.4 Å². The van der Waals surface area contributed by atoms with Gasteiger partial charge in [0.15, 0.2) is 0 Å².